The van der Waals surface area contributed by atoms with E-state index in [9.17, 15) is 0 Å². The Labute approximate surface area is 78.4 Å². The summed E-state index contributed by atoms with van der Waals surface area (Å²) in [4.78, 5) is 4.36. The van der Waals surface area contributed by atoms with Crippen LogP contribution in [0.15, 0.2) is 12.1 Å². The predicted molar refractivity (Wildman–Crippen MR) is 54.6 cm³/mol. The van der Waals surface area contributed by atoms with E-state index in [0.717, 1.165) is 17.2 Å². The summed E-state index contributed by atoms with van der Waals surface area (Å²) in [7, 11) is 0. The Morgan fingerprint density at radius 1 is 1.46 bits per heavy atom. The molecule has 0 unspecified atom stereocenters. The number of aryl methyl sites for hydroxylation is 1. The average Bonchev–Trinajstić information content (AvgIpc) is 2.76. The summed E-state index contributed by atoms with van der Waals surface area (Å²) in [6.45, 7) is 4.14. The second-order valence-corrected chi connectivity index (χ2v) is 4.06. The zero-order valence-corrected chi connectivity index (χ0v) is 8.09. The van der Waals surface area contributed by atoms with Gasteiger partial charge in [0, 0.05) is 5.54 Å². The van der Waals surface area contributed by atoms with Crippen LogP contribution in [0, 0.1) is 6.92 Å². The maximum atomic E-state index is 5.68. The smallest absolute Gasteiger partial charge is 0.126 e. The van der Waals surface area contributed by atoms with Crippen LogP contribution in [0.4, 0.5) is 11.5 Å². The highest BCUT2D eigenvalue weighted by atomic mass is 15.1. The molecule has 1 saturated carbocycles. The lowest BCUT2D eigenvalue weighted by Crippen LogP contribution is -2.17. The molecular weight excluding hydrogens is 162 g/mol. The Morgan fingerprint density at radius 3 is 2.69 bits per heavy atom. The van der Waals surface area contributed by atoms with E-state index in [-0.39, 0.29) is 5.54 Å². The molecular formula is C10H15N3. The molecule has 1 fully saturated rings. The van der Waals surface area contributed by atoms with E-state index < -0.39 is 0 Å². The minimum absolute atomic E-state index is 0.287. The molecule has 1 aliphatic rings. The van der Waals surface area contributed by atoms with Crippen molar-refractivity contribution in [2.24, 2.45) is 0 Å². The first-order chi connectivity index (χ1) is 6.09. The number of nitrogen functional groups attached to an aromatic ring is 1. The maximum Gasteiger partial charge on any atom is 0.126 e. The van der Waals surface area contributed by atoms with Crippen LogP contribution in [-0.2, 0) is 0 Å². The summed E-state index contributed by atoms with van der Waals surface area (Å²) in [6.07, 6.45) is 2.47. The highest BCUT2D eigenvalue weighted by molar-refractivity contribution is 5.50. The summed E-state index contributed by atoms with van der Waals surface area (Å²) in [5, 5.41) is 3.39. The number of nitrogens with two attached hydrogens (primary N) is 1. The predicted octanol–water partition coefficient (Wildman–Crippen LogP) is 1.94. The van der Waals surface area contributed by atoms with Gasteiger partial charge in [0.25, 0.3) is 0 Å². The molecule has 13 heavy (non-hydrogen) atoms. The fourth-order valence-corrected chi connectivity index (χ4v) is 1.26. The van der Waals surface area contributed by atoms with Gasteiger partial charge in [0.1, 0.15) is 5.82 Å². The minimum Gasteiger partial charge on any atom is -0.397 e. The number of hydrogen-bond donors (Lipinski definition) is 2. The van der Waals surface area contributed by atoms with Gasteiger partial charge >= 0.3 is 0 Å². The van der Waals surface area contributed by atoms with Gasteiger partial charge in [-0.1, -0.05) is 0 Å². The van der Waals surface area contributed by atoms with E-state index in [1.54, 1.807) is 0 Å². The third-order valence-electron chi connectivity index (χ3n) is 2.56. The molecule has 3 heteroatoms. The molecule has 0 amide bonds. The molecule has 0 saturated heterocycles. The topological polar surface area (TPSA) is 50.9 Å². The number of rotatable bonds is 2. The summed E-state index contributed by atoms with van der Waals surface area (Å²) < 4.78 is 0. The molecule has 0 aromatic carbocycles. The molecule has 1 heterocycles. The van der Waals surface area contributed by atoms with Crippen LogP contribution in [0.5, 0.6) is 0 Å². The summed E-state index contributed by atoms with van der Waals surface area (Å²) in [5.41, 5.74) is 7.62. The van der Waals surface area contributed by atoms with Crippen molar-refractivity contribution in [3.8, 4) is 0 Å². The zero-order valence-electron chi connectivity index (χ0n) is 8.09. The van der Waals surface area contributed by atoms with Crippen molar-refractivity contribution < 1.29 is 0 Å². The first kappa shape index (κ1) is 8.35. The lowest BCUT2D eigenvalue weighted by atomic mass is 10.3. The number of hydrogen-bond acceptors (Lipinski definition) is 3. The van der Waals surface area contributed by atoms with Crippen molar-refractivity contribution in [3.05, 3.63) is 17.8 Å². The van der Waals surface area contributed by atoms with Crippen LogP contribution in [-0.4, -0.2) is 10.5 Å². The van der Waals surface area contributed by atoms with Crippen LogP contribution < -0.4 is 11.1 Å². The number of nitrogens with zero attached hydrogens (tertiary/aromatic N) is 1. The van der Waals surface area contributed by atoms with Crippen LogP contribution in [0.2, 0.25) is 0 Å². The van der Waals surface area contributed by atoms with Gasteiger partial charge in [-0.15, -0.1) is 0 Å². The molecule has 1 aromatic heterocycles. The number of nitrogens with one attached hydrogen (secondary N) is 1. The van der Waals surface area contributed by atoms with Gasteiger partial charge in [-0.25, -0.2) is 4.98 Å². The lowest BCUT2D eigenvalue weighted by molar-refractivity contribution is 0.820. The Morgan fingerprint density at radius 2 is 2.15 bits per heavy atom. The monoisotopic (exact) mass is 177 g/mol. The highest BCUT2D eigenvalue weighted by Gasteiger charge is 2.37. The van der Waals surface area contributed by atoms with Gasteiger partial charge in [0.15, 0.2) is 0 Å². The summed E-state index contributed by atoms with van der Waals surface area (Å²) in [6, 6.07) is 3.84. The fourth-order valence-electron chi connectivity index (χ4n) is 1.26. The van der Waals surface area contributed by atoms with Crippen molar-refractivity contribution in [2.75, 3.05) is 11.1 Å². The van der Waals surface area contributed by atoms with Gasteiger partial charge in [-0.2, -0.15) is 0 Å². The van der Waals surface area contributed by atoms with Gasteiger partial charge in [-0.3, -0.25) is 0 Å². The van der Waals surface area contributed by atoms with E-state index in [2.05, 4.69) is 17.2 Å². The number of anilines is 2. The van der Waals surface area contributed by atoms with Crippen molar-refractivity contribution in [3.63, 3.8) is 0 Å². The Hall–Kier alpha value is -1.25. The maximum absolute atomic E-state index is 5.68. The fraction of sp³-hybridized carbons (Fsp3) is 0.500. The molecule has 1 aromatic rings. The molecule has 0 radical (unpaired) electrons. The van der Waals surface area contributed by atoms with Crippen LogP contribution in [0.1, 0.15) is 25.5 Å². The third-order valence-corrected chi connectivity index (χ3v) is 2.56. The molecule has 0 atom stereocenters. The Kier molecular flexibility index (Phi) is 1.68. The second kappa shape index (κ2) is 2.62. The van der Waals surface area contributed by atoms with Gasteiger partial charge in [0.2, 0.25) is 0 Å². The van der Waals surface area contributed by atoms with E-state index in [1.807, 2.05) is 19.1 Å². The van der Waals surface area contributed by atoms with E-state index in [4.69, 9.17) is 5.73 Å². The first-order valence-electron chi connectivity index (χ1n) is 4.60. The molecule has 1 aliphatic carbocycles. The quantitative estimate of drug-likeness (QED) is 0.725. The van der Waals surface area contributed by atoms with Gasteiger partial charge in [0.05, 0.1) is 11.4 Å². The van der Waals surface area contributed by atoms with Crippen molar-refractivity contribution in [2.45, 2.75) is 32.2 Å². The second-order valence-electron chi connectivity index (χ2n) is 4.06. The average molecular weight is 177 g/mol. The zero-order chi connectivity index (χ0) is 9.47. The van der Waals surface area contributed by atoms with Crippen molar-refractivity contribution in [1.29, 1.82) is 0 Å². The number of pyridine rings is 1. The molecule has 3 nitrogen and oxygen atoms in total. The van der Waals surface area contributed by atoms with Crippen LogP contribution >= 0.6 is 0 Å². The largest absolute Gasteiger partial charge is 0.397 e. The van der Waals surface area contributed by atoms with Gasteiger partial charge in [-0.05, 0) is 38.8 Å². The standard InChI is InChI=1S/C10H15N3/c1-7-8(11)3-4-9(12-7)13-10(2)5-6-10/h3-4H,5-6,11H2,1-2H3,(H,12,13). The number of aromatic nitrogens is 1. The third kappa shape index (κ3) is 1.74. The van der Waals surface area contributed by atoms with Gasteiger partial charge < -0.3 is 11.1 Å². The minimum atomic E-state index is 0.287. The molecule has 0 spiro atoms. The van der Waals surface area contributed by atoms with Crippen LogP contribution in [0.3, 0.4) is 0 Å². The van der Waals surface area contributed by atoms with Crippen LogP contribution in [0.25, 0.3) is 0 Å². The van der Waals surface area contributed by atoms with Crippen molar-refractivity contribution >= 4 is 11.5 Å². The normalized spacial score (nSPS) is 18.3. The molecule has 3 N–H and O–H groups in total. The first-order valence-corrected chi connectivity index (χ1v) is 4.60. The van der Waals surface area contributed by atoms with E-state index >= 15 is 0 Å². The molecule has 0 aliphatic heterocycles. The molecule has 70 valence electrons. The SMILES string of the molecule is Cc1nc(NC2(C)CC2)ccc1N. The molecule has 0 bridgehead atoms. The summed E-state index contributed by atoms with van der Waals surface area (Å²) >= 11 is 0. The van der Waals surface area contributed by atoms with Crippen molar-refractivity contribution in [1.82, 2.24) is 4.98 Å². The highest BCUT2D eigenvalue weighted by Crippen LogP contribution is 2.37. The lowest BCUT2D eigenvalue weighted by Gasteiger charge is -2.12. The molecule has 2 rings (SSSR count). The van der Waals surface area contributed by atoms with E-state index in [0.29, 0.717) is 0 Å². The Balaban J connectivity index is 2.17. The Bertz CT molecular complexity index is 329. The summed E-state index contributed by atoms with van der Waals surface area (Å²) in [5.74, 6) is 0.937. The van der Waals surface area contributed by atoms with E-state index in [1.165, 1.54) is 12.8 Å².